The van der Waals surface area contributed by atoms with Gasteiger partial charge in [0.25, 0.3) is 5.91 Å². The molecule has 2 aliphatic heterocycles. The molecule has 1 aliphatic carbocycles. The molecule has 2 aromatic rings. The third-order valence-corrected chi connectivity index (χ3v) is 7.20. The molecular weight excluding hydrogens is 452 g/mol. The fraction of sp³-hybridized carbons (Fsp3) is 0.423. The molecule has 0 aromatic heterocycles. The number of ether oxygens (including phenoxy) is 3. The zero-order chi connectivity index (χ0) is 24.5. The van der Waals surface area contributed by atoms with Gasteiger partial charge >= 0.3 is 12.1 Å². The molecule has 9 heteroatoms. The number of carbonyl (C=O) groups excluding carboxylic acids is 2. The topological polar surface area (TPSA) is 114 Å². The van der Waals surface area contributed by atoms with Crippen LogP contribution in [0.5, 0.6) is 0 Å². The first-order valence-electron chi connectivity index (χ1n) is 11.8. The summed E-state index contributed by atoms with van der Waals surface area (Å²) >= 11 is 0. The highest BCUT2D eigenvalue weighted by molar-refractivity contribution is 5.88. The quantitative estimate of drug-likeness (QED) is 0.625. The molecule has 2 heterocycles. The van der Waals surface area contributed by atoms with E-state index in [4.69, 9.17) is 14.2 Å². The highest BCUT2D eigenvalue weighted by atomic mass is 16.5. The van der Waals surface area contributed by atoms with Gasteiger partial charge in [0.15, 0.2) is 6.10 Å². The van der Waals surface area contributed by atoms with Crippen LogP contribution in [0.3, 0.4) is 0 Å². The van der Waals surface area contributed by atoms with E-state index in [-0.39, 0.29) is 37.6 Å². The summed E-state index contributed by atoms with van der Waals surface area (Å²) in [7, 11) is 1.36. The Bertz CT molecular complexity index is 1090. The van der Waals surface area contributed by atoms with Crippen LogP contribution in [0.15, 0.2) is 48.5 Å². The van der Waals surface area contributed by atoms with Crippen LogP contribution in [0, 0.1) is 0 Å². The molecule has 35 heavy (non-hydrogen) atoms. The maximum absolute atomic E-state index is 13.2. The maximum atomic E-state index is 13.2. The van der Waals surface area contributed by atoms with E-state index in [1.807, 2.05) is 36.4 Å². The standard InChI is InChI=1S/C26H28N2O7/c1-33-23(24(29)28-20-10-11-34-22(20)12-21(28)25(30)31)13-27-26(32)35-14-19-17-8-4-2-6-15(17)16-7-3-5-9-18(16)19/h2-9,19-23H,10-14H2,1H3,(H,27,32)(H,30,31)/t20-,21?,22-,23?/m1/s1. The lowest BCUT2D eigenvalue weighted by atomic mass is 9.98. The van der Waals surface area contributed by atoms with Crippen molar-refractivity contribution < 1.29 is 33.7 Å². The average molecular weight is 481 g/mol. The monoisotopic (exact) mass is 480 g/mol. The Morgan fingerprint density at radius 3 is 2.40 bits per heavy atom. The minimum absolute atomic E-state index is 0.0757. The summed E-state index contributed by atoms with van der Waals surface area (Å²) in [6.45, 7) is 0.508. The van der Waals surface area contributed by atoms with E-state index in [1.54, 1.807) is 0 Å². The normalized spacial score (nSPS) is 23.3. The van der Waals surface area contributed by atoms with Gasteiger partial charge in [-0.15, -0.1) is 0 Å². The van der Waals surface area contributed by atoms with Crippen molar-refractivity contribution in [2.45, 2.75) is 43.1 Å². The number of likely N-dealkylation sites (tertiary alicyclic amines) is 1. The molecule has 2 aromatic carbocycles. The summed E-state index contributed by atoms with van der Waals surface area (Å²) in [6.07, 6.45) is -1.15. The fourth-order valence-corrected chi connectivity index (χ4v) is 5.55. The Hall–Kier alpha value is -3.43. The number of fused-ring (bicyclic) bond motifs is 4. The fourth-order valence-electron chi connectivity index (χ4n) is 5.55. The molecule has 0 saturated carbocycles. The number of nitrogens with one attached hydrogen (secondary N) is 1. The summed E-state index contributed by atoms with van der Waals surface area (Å²) in [4.78, 5) is 38.8. The largest absolute Gasteiger partial charge is 0.480 e. The molecule has 9 nitrogen and oxygen atoms in total. The second-order valence-electron chi connectivity index (χ2n) is 9.03. The second kappa shape index (κ2) is 9.67. The van der Waals surface area contributed by atoms with E-state index in [0.717, 1.165) is 22.3 Å². The molecule has 0 spiro atoms. The van der Waals surface area contributed by atoms with Crippen LogP contribution in [-0.2, 0) is 23.8 Å². The first-order valence-corrected chi connectivity index (χ1v) is 11.8. The van der Waals surface area contributed by atoms with Crippen molar-refractivity contribution in [2.24, 2.45) is 0 Å². The van der Waals surface area contributed by atoms with Gasteiger partial charge in [0.2, 0.25) is 0 Å². The highest BCUT2D eigenvalue weighted by Gasteiger charge is 2.51. The Morgan fingerprint density at radius 1 is 1.11 bits per heavy atom. The predicted molar refractivity (Wildman–Crippen MR) is 125 cm³/mol. The number of benzene rings is 2. The van der Waals surface area contributed by atoms with Crippen LogP contribution in [-0.4, -0.2) is 79.1 Å². The molecule has 0 radical (unpaired) electrons. The number of alkyl carbamates (subject to hydrolysis) is 1. The van der Waals surface area contributed by atoms with E-state index in [9.17, 15) is 19.5 Å². The molecule has 5 rings (SSSR count). The number of nitrogens with zero attached hydrogens (tertiary/aromatic N) is 1. The molecule has 0 bridgehead atoms. The number of hydrogen-bond donors (Lipinski definition) is 2. The van der Waals surface area contributed by atoms with Gasteiger partial charge in [0.05, 0.1) is 18.7 Å². The van der Waals surface area contributed by atoms with E-state index in [1.165, 1.54) is 12.0 Å². The van der Waals surface area contributed by atoms with Gasteiger partial charge in [0, 0.05) is 26.1 Å². The van der Waals surface area contributed by atoms with E-state index >= 15 is 0 Å². The summed E-state index contributed by atoms with van der Waals surface area (Å²) in [5, 5.41) is 12.2. The van der Waals surface area contributed by atoms with Crippen molar-refractivity contribution in [1.29, 1.82) is 0 Å². The van der Waals surface area contributed by atoms with Gasteiger partial charge in [-0.2, -0.15) is 0 Å². The first-order chi connectivity index (χ1) is 17.0. The number of methoxy groups -OCH3 is 1. The number of aliphatic carboxylic acids is 1. The van der Waals surface area contributed by atoms with Crippen LogP contribution in [0.25, 0.3) is 11.1 Å². The molecule has 3 aliphatic rings. The highest BCUT2D eigenvalue weighted by Crippen LogP contribution is 2.44. The van der Waals surface area contributed by atoms with Gasteiger partial charge in [-0.1, -0.05) is 48.5 Å². The number of carboxylic acids is 1. The molecular formula is C26H28N2O7. The van der Waals surface area contributed by atoms with E-state index < -0.39 is 30.1 Å². The van der Waals surface area contributed by atoms with E-state index in [2.05, 4.69) is 17.4 Å². The van der Waals surface area contributed by atoms with Gasteiger partial charge in [0.1, 0.15) is 12.6 Å². The van der Waals surface area contributed by atoms with Crippen LogP contribution < -0.4 is 5.32 Å². The number of amides is 2. The first kappa shape index (κ1) is 23.3. The van der Waals surface area contributed by atoms with Gasteiger partial charge in [-0.25, -0.2) is 9.59 Å². The second-order valence-corrected chi connectivity index (χ2v) is 9.03. The van der Waals surface area contributed by atoms with Crippen molar-refractivity contribution in [3.63, 3.8) is 0 Å². The Balaban J connectivity index is 1.20. The van der Waals surface area contributed by atoms with Gasteiger partial charge in [-0.3, -0.25) is 4.79 Å². The lowest BCUT2D eigenvalue weighted by Crippen LogP contribution is -2.52. The third-order valence-electron chi connectivity index (χ3n) is 7.20. The van der Waals surface area contributed by atoms with Crippen LogP contribution in [0.4, 0.5) is 4.79 Å². The summed E-state index contributed by atoms with van der Waals surface area (Å²) in [5.74, 6) is -1.62. The molecule has 2 amide bonds. The molecule has 2 saturated heterocycles. The lowest BCUT2D eigenvalue weighted by Gasteiger charge is -2.30. The smallest absolute Gasteiger partial charge is 0.407 e. The Labute approximate surface area is 203 Å². The Kier molecular flexibility index (Phi) is 6.44. The maximum Gasteiger partial charge on any atom is 0.407 e. The molecule has 4 atom stereocenters. The minimum atomic E-state index is -1.07. The summed E-state index contributed by atoms with van der Waals surface area (Å²) in [6, 6.07) is 14.8. The van der Waals surface area contributed by atoms with Crippen molar-refractivity contribution in [3.05, 3.63) is 59.7 Å². The molecule has 2 N–H and O–H groups in total. The third kappa shape index (κ3) is 4.26. The summed E-state index contributed by atoms with van der Waals surface area (Å²) < 4.78 is 16.4. The molecule has 184 valence electrons. The number of rotatable bonds is 7. The lowest BCUT2D eigenvalue weighted by molar-refractivity contribution is -0.154. The van der Waals surface area contributed by atoms with Gasteiger partial charge < -0.3 is 29.5 Å². The van der Waals surface area contributed by atoms with E-state index in [0.29, 0.717) is 13.0 Å². The van der Waals surface area contributed by atoms with Gasteiger partial charge in [-0.05, 0) is 28.7 Å². The number of carboxylic acid groups (broad SMARTS) is 1. The Morgan fingerprint density at radius 2 is 1.77 bits per heavy atom. The SMILES string of the molecule is COC(CNC(=O)OCC1c2ccccc2-c2ccccc21)C(=O)N1C(C(=O)O)C[C@H]2OCC[C@H]21. The van der Waals surface area contributed by atoms with Crippen molar-refractivity contribution in [1.82, 2.24) is 10.2 Å². The molecule has 2 unspecified atom stereocenters. The van der Waals surface area contributed by atoms with Crippen LogP contribution in [0.1, 0.15) is 29.9 Å². The number of hydrogen-bond acceptors (Lipinski definition) is 6. The van der Waals surface area contributed by atoms with Crippen molar-refractivity contribution in [2.75, 3.05) is 26.9 Å². The van der Waals surface area contributed by atoms with Crippen LogP contribution in [0.2, 0.25) is 0 Å². The predicted octanol–water partition coefficient (Wildman–Crippen LogP) is 2.38. The van der Waals surface area contributed by atoms with Crippen molar-refractivity contribution >= 4 is 18.0 Å². The summed E-state index contributed by atoms with van der Waals surface area (Å²) in [5.41, 5.74) is 4.48. The average Bonchev–Trinajstić information content (AvgIpc) is 3.54. The molecule has 2 fully saturated rings. The number of carbonyl (C=O) groups is 3. The van der Waals surface area contributed by atoms with Crippen molar-refractivity contribution in [3.8, 4) is 11.1 Å². The zero-order valence-corrected chi connectivity index (χ0v) is 19.4. The zero-order valence-electron chi connectivity index (χ0n) is 19.4. The van der Waals surface area contributed by atoms with Crippen LogP contribution >= 0.6 is 0 Å². The minimum Gasteiger partial charge on any atom is -0.480 e.